The van der Waals surface area contributed by atoms with Crippen LogP contribution in [0, 0.1) is 0 Å². The second-order valence-corrected chi connectivity index (χ2v) is 4.73. The number of carbonyl (C=O) groups is 1. The van der Waals surface area contributed by atoms with E-state index in [1.807, 2.05) is 0 Å². The molecule has 1 aromatic carbocycles. The van der Waals surface area contributed by atoms with E-state index in [1.54, 1.807) is 0 Å². The maximum Gasteiger partial charge on any atom is 0.417 e. The predicted octanol–water partition coefficient (Wildman–Crippen LogP) is 3.57. The molecule has 0 fully saturated rings. The highest BCUT2D eigenvalue weighted by Crippen LogP contribution is 2.36. The second-order valence-electron chi connectivity index (χ2n) is 4.32. The molecule has 2 rings (SSSR count). The van der Waals surface area contributed by atoms with Crippen molar-refractivity contribution < 1.29 is 27.1 Å². The number of hydrogen-bond acceptors (Lipinski definition) is 4. The van der Waals surface area contributed by atoms with Crippen molar-refractivity contribution in [2.45, 2.75) is 6.18 Å². The van der Waals surface area contributed by atoms with E-state index in [0.717, 1.165) is 18.4 Å². The highest BCUT2D eigenvalue weighted by Gasteiger charge is 2.33. The van der Waals surface area contributed by atoms with Crippen molar-refractivity contribution in [1.29, 1.82) is 0 Å². The molecule has 2 aromatic rings. The molecular weight excluding hydrogens is 339 g/mol. The molecule has 0 bridgehead atoms. The van der Waals surface area contributed by atoms with E-state index in [-0.39, 0.29) is 17.2 Å². The van der Waals surface area contributed by atoms with Crippen LogP contribution in [0.1, 0.15) is 16.1 Å². The fraction of sp³-hybridized carbons (Fsp3) is 0.143. The Morgan fingerprint density at radius 2 is 2.00 bits per heavy atom. The van der Waals surface area contributed by atoms with Gasteiger partial charge in [-0.1, -0.05) is 11.6 Å². The van der Waals surface area contributed by atoms with Crippen LogP contribution in [-0.2, 0) is 6.18 Å². The van der Waals surface area contributed by atoms with Crippen LogP contribution in [0.3, 0.4) is 0 Å². The maximum atomic E-state index is 12.8. The lowest BCUT2D eigenvalue weighted by molar-refractivity contribution is -0.137. The summed E-state index contributed by atoms with van der Waals surface area (Å²) in [5.41, 5.74) is -1.84. The zero-order valence-corrected chi connectivity index (χ0v) is 12.3. The van der Waals surface area contributed by atoms with Crippen LogP contribution in [0.25, 0.3) is 0 Å². The number of ether oxygens (including phenoxy) is 1. The number of hydrogen-bond donors (Lipinski definition) is 1. The first-order valence-corrected chi connectivity index (χ1v) is 6.45. The maximum absolute atomic E-state index is 12.8. The van der Waals surface area contributed by atoms with Gasteiger partial charge in [0.25, 0.3) is 5.91 Å². The standard InChI is InChI=1S/C14H9ClF3NO4/c1-22-12-6-23-11(5-10(12)20)13(21)19-7-2-3-9(15)8(4-7)14(16,17)18/h2-6H,1H3,(H,19,21). The number of halogens is 4. The average molecular weight is 348 g/mol. The van der Waals surface area contributed by atoms with E-state index in [4.69, 9.17) is 16.0 Å². The molecule has 0 saturated carbocycles. The van der Waals surface area contributed by atoms with Gasteiger partial charge >= 0.3 is 6.18 Å². The van der Waals surface area contributed by atoms with Crippen molar-refractivity contribution in [3.05, 3.63) is 57.1 Å². The molecule has 0 aliphatic rings. The fourth-order valence-electron chi connectivity index (χ4n) is 1.68. The summed E-state index contributed by atoms with van der Waals surface area (Å²) in [4.78, 5) is 23.4. The molecule has 5 nitrogen and oxygen atoms in total. The Hall–Kier alpha value is -2.48. The summed E-state index contributed by atoms with van der Waals surface area (Å²) in [5.74, 6) is -1.37. The van der Waals surface area contributed by atoms with Gasteiger partial charge in [0.05, 0.1) is 17.7 Å². The number of methoxy groups -OCH3 is 1. The van der Waals surface area contributed by atoms with Gasteiger partial charge in [0.2, 0.25) is 11.2 Å². The van der Waals surface area contributed by atoms with E-state index in [2.05, 4.69) is 10.1 Å². The quantitative estimate of drug-likeness (QED) is 0.921. The van der Waals surface area contributed by atoms with Crippen molar-refractivity contribution in [1.82, 2.24) is 0 Å². The molecule has 0 spiro atoms. The number of carbonyl (C=O) groups excluding carboxylic acids is 1. The number of alkyl halides is 3. The fourth-order valence-corrected chi connectivity index (χ4v) is 1.90. The van der Waals surface area contributed by atoms with Crippen LogP contribution in [-0.4, -0.2) is 13.0 Å². The zero-order chi connectivity index (χ0) is 17.2. The van der Waals surface area contributed by atoms with Gasteiger partial charge in [0.15, 0.2) is 5.76 Å². The molecule has 1 aromatic heterocycles. The monoisotopic (exact) mass is 347 g/mol. The van der Waals surface area contributed by atoms with Gasteiger partial charge in [-0.3, -0.25) is 9.59 Å². The highest BCUT2D eigenvalue weighted by molar-refractivity contribution is 6.31. The molecular formula is C14H9ClF3NO4. The Balaban J connectivity index is 2.27. The molecule has 1 N–H and O–H groups in total. The number of rotatable bonds is 3. The third kappa shape index (κ3) is 3.84. The van der Waals surface area contributed by atoms with Gasteiger partial charge in [0, 0.05) is 11.8 Å². The molecule has 23 heavy (non-hydrogen) atoms. The van der Waals surface area contributed by atoms with Crippen LogP contribution in [0.15, 0.2) is 39.7 Å². The van der Waals surface area contributed by atoms with Gasteiger partial charge < -0.3 is 14.5 Å². The van der Waals surface area contributed by atoms with Gasteiger partial charge in [-0.15, -0.1) is 0 Å². The molecule has 122 valence electrons. The first-order valence-electron chi connectivity index (χ1n) is 6.07. The Labute approximate surface area is 132 Å². The third-order valence-electron chi connectivity index (χ3n) is 2.77. The van der Waals surface area contributed by atoms with Gasteiger partial charge in [-0.05, 0) is 18.2 Å². The van der Waals surface area contributed by atoms with Crippen molar-refractivity contribution in [3.8, 4) is 5.75 Å². The highest BCUT2D eigenvalue weighted by atomic mass is 35.5. The molecule has 1 heterocycles. The van der Waals surface area contributed by atoms with Crippen LogP contribution >= 0.6 is 11.6 Å². The summed E-state index contributed by atoms with van der Waals surface area (Å²) in [7, 11) is 1.25. The lowest BCUT2D eigenvalue weighted by Crippen LogP contribution is -2.16. The minimum absolute atomic E-state index is 0.104. The van der Waals surface area contributed by atoms with E-state index in [0.29, 0.717) is 6.07 Å². The summed E-state index contributed by atoms with van der Waals surface area (Å²) in [6.45, 7) is 0. The predicted molar refractivity (Wildman–Crippen MR) is 75.9 cm³/mol. The summed E-state index contributed by atoms with van der Waals surface area (Å²) in [5, 5.41) is 1.70. The van der Waals surface area contributed by atoms with Crippen molar-refractivity contribution in [3.63, 3.8) is 0 Å². The van der Waals surface area contributed by atoms with Gasteiger partial charge in [-0.2, -0.15) is 13.2 Å². The van der Waals surface area contributed by atoms with E-state index < -0.39 is 28.1 Å². The number of anilines is 1. The van der Waals surface area contributed by atoms with Gasteiger partial charge in [-0.25, -0.2) is 0 Å². The number of nitrogens with one attached hydrogen (secondary N) is 1. The van der Waals surface area contributed by atoms with E-state index >= 15 is 0 Å². The number of benzene rings is 1. The zero-order valence-electron chi connectivity index (χ0n) is 11.5. The molecule has 0 atom stereocenters. The molecule has 1 amide bonds. The minimum Gasteiger partial charge on any atom is -0.490 e. The molecule has 0 unspecified atom stereocenters. The van der Waals surface area contributed by atoms with E-state index in [9.17, 15) is 22.8 Å². The van der Waals surface area contributed by atoms with Gasteiger partial charge in [0.1, 0.15) is 6.26 Å². The lowest BCUT2D eigenvalue weighted by atomic mass is 10.2. The van der Waals surface area contributed by atoms with Crippen molar-refractivity contribution >= 4 is 23.2 Å². The topological polar surface area (TPSA) is 68.5 Å². The number of amides is 1. The first kappa shape index (κ1) is 16.9. The Morgan fingerprint density at radius 3 is 2.57 bits per heavy atom. The minimum atomic E-state index is -4.66. The smallest absolute Gasteiger partial charge is 0.417 e. The largest absolute Gasteiger partial charge is 0.490 e. The Morgan fingerprint density at radius 1 is 1.30 bits per heavy atom. The van der Waals surface area contributed by atoms with Crippen LogP contribution in [0.4, 0.5) is 18.9 Å². The summed E-state index contributed by atoms with van der Waals surface area (Å²) < 4.78 is 47.9. The lowest BCUT2D eigenvalue weighted by Gasteiger charge is -2.11. The molecule has 9 heteroatoms. The van der Waals surface area contributed by atoms with Crippen LogP contribution in [0.5, 0.6) is 5.75 Å². The summed E-state index contributed by atoms with van der Waals surface area (Å²) >= 11 is 5.48. The van der Waals surface area contributed by atoms with Crippen LogP contribution in [0.2, 0.25) is 5.02 Å². The summed E-state index contributed by atoms with van der Waals surface area (Å²) in [6, 6.07) is 3.75. The van der Waals surface area contributed by atoms with Crippen LogP contribution < -0.4 is 15.5 Å². The average Bonchev–Trinajstić information content (AvgIpc) is 2.48. The Bertz CT molecular complexity index is 801. The molecule has 0 aliphatic carbocycles. The normalized spacial score (nSPS) is 11.2. The molecule has 0 aliphatic heterocycles. The Kier molecular flexibility index (Phi) is 4.65. The first-order chi connectivity index (χ1) is 10.7. The second kappa shape index (κ2) is 6.33. The summed E-state index contributed by atoms with van der Waals surface area (Å²) in [6.07, 6.45) is -3.73. The third-order valence-corrected chi connectivity index (χ3v) is 3.10. The molecule has 0 saturated heterocycles. The van der Waals surface area contributed by atoms with Crippen molar-refractivity contribution in [2.75, 3.05) is 12.4 Å². The van der Waals surface area contributed by atoms with Crippen molar-refractivity contribution in [2.24, 2.45) is 0 Å². The molecule has 0 radical (unpaired) electrons. The SMILES string of the molecule is COc1coc(C(=O)Nc2ccc(Cl)c(C(F)(F)F)c2)cc1=O. The van der Waals surface area contributed by atoms with E-state index in [1.165, 1.54) is 13.2 Å².